The molecule has 130 valence electrons. The van der Waals surface area contributed by atoms with Gasteiger partial charge in [-0.05, 0) is 31.0 Å². The Morgan fingerprint density at radius 1 is 1.00 bits per heavy atom. The van der Waals surface area contributed by atoms with Gasteiger partial charge in [-0.15, -0.1) is 0 Å². The standard InChI is InChI=1S/C17H14F3N3O2/c18-12-3-4-13(15(20)14(12)19)22-16(24)10-7-11(9-21-8-10)17(25)23-5-1-2-6-23/h3-4,7-9H,1-2,5-6H2,(H,22,24). The highest BCUT2D eigenvalue weighted by atomic mass is 19.2. The molecule has 3 rings (SSSR count). The van der Waals surface area contributed by atoms with Crippen molar-refractivity contribution < 1.29 is 22.8 Å². The third-order valence-electron chi connectivity index (χ3n) is 3.92. The lowest BCUT2D eigenvalue weighted by molar-refractivity contribution is 0.0792. The first kappa shape index (κ1) is 16.9. The van der Waals surface area contributed by atoms with Gasteiger partial charge >= 0.3 is 0 Å². The highest BCUT2D eigenvalue weighted by Crippen LogP contribution is 2.20. The van der Waals surface area contributed by atoms with Gasteiger partial charge in [0.05, 0.1) is 16.8 Å². The van der Waals surface area contributed by atoms with Crippen molar-refractivity contribution in [3.05, 3.63) is 59.2 Å². The van der Waals surface area contributed by atoms with E-state index in [1.54, 1.807) is 4.90 Å². The van der Waals surface area contributed by atoms with Crippen LogP contribution in [0.1, 0.15) is 33.6 Å². The van der Waals surface area contributed by atoms with Crippen molar-refractivity contribution in [3.8, 4) is 0 Å². The third kappa shape index (κ3) is 3.47. The van der Waals surface area contributed by atoms with Gasteiger partial charge in [-0.1, -0.05) is 0 Å². The molecule has 2 aromatic rings. The van der Waals surface area contributed by atoms with Crippen molar-refractivity contribution in [2.24, 2.45) is 0 Å². The first-order valence-corrected chi connectivity index (χ1v) is 7.66. The van der Waals surface area contributed by atoms with Gasteiger partial charge in [0.1, 0.15) is 0 Å². The van der Waals surface area contributed by atoms with E-state index in [1.807, 2.05) is 0 Å². The van der Waals surface area contributed by atoms with E-state index in [4.69, 9.17) is 0 Å². The number of likely N-dealkylation sites (tertiary alicyclic amines) is 1. The van der Waals surface area contributed by atoms with Crippen LogP contribution in [0.4, 0.5) is 18.9 Å². The maximum absolute atomic E-state index is 13.6. The summed E-state index contributed by atoms with van der Waals surface area (Å²) in [5.41, 5.74) is -0.255. The Bertz CT molecular complexity index is 836. The Morgan fingerprint density at radius 2 is 1.68 bits per heavy atom. The first-order valence-electron chi connectivity index (χ1n) is 7.66. The van der Waals surface area contributed by atoms with Crippen molar-refractivity contribution >= 4 is 17.5 Å². The SMILES string of the molecule is O=C(Nc1ccc(F)c(F)c1F)c1cncc(C(=O)N2CCCC2)c1. The summed E-state index contributed by atoms with van der Waals surface area (Å²) in [6.45, 7) is 1.30. The second-order valence-corrected chi connectivity index (χ2v) is 5.64. The molecule has 1 saturated heterocycles. The lowest BCUT2D eigenvalue weighted by Gasteiger charge is -2.15. The number of anilines is 1. The van der Waals surface area contributed by atoms with Gasteiger partial charge in [-0.3, -0.25) is 14.6 Å². The molecule has 0 spiro atoms. The minimum Gasteiger partial charge on any atom is -0.339 e. The highest BCUT2D eigenvalue weighted by Gasteiger charge is 2.21. The maximum Gasteiger partial charge on any atom is 0.257 e. The molecule has 0 radical (unpaired) electrons. The molecular formula is C17H14F3N3O2. The molecule has 0 unspecified atom stereocenters. The summed E-state index contributed by atoms with van der Waals surface area (Å²) in [7, 11) is 0. The molecule has 1 N–H and O–H groups in total. The minimum absolute atomic E-state index is 0.00850. The molecule has 0 aliphatic carbocycles. The van der Waals surface area contributed by atoms with E-state index in [0.717, 1.165) is 18.9 Å². The van der Waals surface area contributed by atoms with Crippen molar-refractivity contribution in [2.45, 2.75) is 12.8 Å². The third-order valence-corrected chi connectivity index (χ3v) is 3.92. The van der Waals surface area contributed by atoms with Crippen molar-refractivity contribution in [3.63, 3.8) is 0 Å². The first-order chi connectivity index (χ1) is 12.0. The van der Waals surface area contributed by atoms with Crippen LogP contribution in [0.5, 0.6) is 0 Å². The number of aromatic nitrogens is 1. The number of carbonyl (C=O) groups is 2. The lowest BCUT2D eigenvalue weighted by Crippen LogP contribution is -2.28. The van der Waals surface area contributed by atoms with Gasteiger partial charge < -0.3 is 10.2 Å². The average molecular weight is 349 g/mol. The number of carbonyl (C=O) groups excluding carboxylic acids is 2. The monoisotopic (exact) mass is 349 g/mol. The Balaban J connectivity index is 1.80. The van der Waals surface area contributed by atoms with E-state index in [9.17, 15) is 22.8 Å². The van der Waals surface area contributed by atoms with Crippen molar-refractivity contribution in [1.82, 2.24) is 9.88 Å². The number of hydrogen-bond acceptors (Lipinski definition) is 3. The smallest absolute Gasteiger partial charge is 0.257 e. The molecule has 0 atom stereocenters. The molecule has 2 amide bonds. The zero-order chi connectivity index (χ0) is 18.0. The van der Waals surface area contributed by atoms with E-state index in [1.165, 1.54) is 18.5 Å². The summed E-state index contributed by atoms with van der Waals surface area (Å²) >= 11 is 0. The lowest BCUT2D eigenvalue weighted by atomic mass is 10.1. The van der Waals surface area contributed by atoms with Gasteiger partial charge in [0.25, 0.3) is 11.8 Å². The number of nitrogens with one attached hydrogen (secondary N) is 1. The number of benzene rings is 1. The summed E-state index contributed by atoms with van der Waals surface area (Å²) in [6.07, 6.45) is 4.40. The van der Waals surface area contributed by atoms with Crippen LogP contribution in [0.2, 0.25) is 0 Å². The molecule has 0 saturated carbocycles. The van der Waals surface area contributed by atoms with Crippen LogP contribution in [-0.4, -0.2) is 34.8 Å². The van der Waals surface area contributed by atoms with Gasteiger partial charge in [0.2, 0.25) is 0 Å². The Hall–Kier alpha value is -2.90. The number of nitrogens with zero attached hydrogens (tertiary/aromatic N) is 2. The normalized spacial score (nSPS) is 13.8. The molecule has 25 heavy (non-hydrogen) atoms. The predicted molar refractivity (Wildman–Crippen MR) is 83.6 cm³/mol. The zero-order valence-corrected chi connectivity index (χ0v) is 13.1. The number of amides is 2. The fraction of sp³-hybridized carbons (Fsp3) is 0.235. The molecule has 1 fully saturated rings. The molecule has 1 aromatic heterocycles. The van der Waals surface area contributed by atoms with Crippen LogP contribution in [0.15, 0.2) is 30.6 Å². The summed E-state index contributed by atoms with van der Waals surface area (Å²) in [5.74, 6) is -5.54. The Kier molecular flexibility index (Phi) is 4.69. The molecule has 1 aliphatic heterocycles. The fourth-order valence-corrected chi connectivity index (χ4v) is 2.60. The van der Waals surface area contributed by atoms with E-state index in [2.05, 4.69) is 10.3 Å². The Morgan fingerprint density at radius 3 is 2.40 bits per heavy atom. The quantitative estimate of drug-likeness (QED) is 0.867. The number of pyridine rings is 1. The second-order valence-electron chi connectivity index (χ2n) is 5.64. The Labute approximate surface area is 141 Å². The summed E-state index contributed by atoms with van der Waals surface area (Å²) < 4.78 is 39.8. The maximum atomic E-state index is 13.6. The van der Waals surface area contributed by atoms with Gasteiger partial charge in [-0.2, -0.15) is 0 Å². The predicted octanol–water partition coefficient (Wildman–Crippen LogP) is 2.99. The highest BCUT2D eigenvalue weighted by molar-refractivity contribution is 6.05. The van der Waals surface area contributed by atoms with Crippen LogP contribution in [0.25, 0.3) is 0 Å². The van der Waals surface area contributed by atoms with Crippen molar-refractivity contribution in [2.75, 3.05) is 18.4 Å². The molecule has 1 aromatic carbocycles. The van der Waals surface area contributed by atoms with E-state index in [-0.39, 0.29) is 17.0 Å². The van der Waals surface area contributed by atoms with Crippen LogP contribution in [-0.2, 0) is 0 Å². The van der Waals surface area contributed by atoms with Crippen LogP contribution in [0, 0.1) is 17.5 Å². The molecule has 2 heterocycles. The topological polar surface area (TPSA) is 62.3 Å². The fourth-order valence-electron chi connectivity index (χ4n) is 2.60. The van der Waals surface area contributed by atoms with Crippen molar-refractivity contribution in [1.29, 1.82) is 0 Å². The molecule has 1 aliphatic rings. The van der Waals surface area contributed by atoms with Gasteiger partial charge in [0.15, 0.2) is 17.5 Å². The number of halogens is 3. The van der Waals surface area contributed by atoms with Crippen LogP contribution < -0.4 is 5.32 Å². The van der Waals surface area contributed by atoms with Gasteiger partial charge in [0, 0.05) is 25.5 Å². The minimum atomic E-state index is -1.67. The average Bonchev–Trinajstić information content (AvgIpc) is 3.16. The van der Waals surface area contributed by atoms with Crippen LogP contribution in [0.3, 0.4) is 0 Å². The molecule has 8 heteroatoms. The van der Waals surface area contributed by atoms with E-state index >= 15 is 0 Å². The van der Waals surface area contributed by atoms with E-state index < -0.39 is 29.0 Å². The summed E-state index contributed by atoms with van der Waals surface area (Å²) in [4.78, 5) is 30.0. The summed E-state index contributed by atoms with van der Waals surface area (Å²) in [5, 5.41) is 2.14. The van der Waals surface area contributed by atoms with E-state index in [0.29, 0.717) is 19.2 Å². The number of rotatable bonds is 3. The molecule has 0 bridgehead atoms. The number of hydrogen-bond donors (Lipinski definition) is 1. The van der Waals surface area contributed by atoms with Crippen LogP contribution >= 0.6 is 0 Å². The second kappa shape index (κ2) is 6.92. The van der Waals surface area contributed by atoms with Gasteiger partial charge in [-0.25, -0.2) is 13.2 Å². The summed E-state index contributed by atoms with van der Waals surface area (Å²) in [6, 6.07) is 2.96. The largest absolute Gasteiger partial charge is 0.339 e. The molecule has 5 nitrogen and oxygen atoms in total. The zero-order valence-electron chi connectivity index (χ0n) is 13.1. The molecular weight excluding hydrogens is 335 g/mol.